The molecule has 0 aliphatic heterocycles. The van der Waals surface area contributed by atoms with Crippen molar-refractivity contribution in [2.75, 3.05) is 0 Å². The summed E-state index contributed by atoms with van der Waals surface area (Å²) in [6.45, 7) is 9.74. The SMILES string of the molecule is C=C[C@@H](N)c1ccc(OC(C)(C)C)cc1. The molecule has 1 rings (SSSR count). The molecule has 0 saturated heterocycles. The maximum Gasteiger partial charge on any atom is 0.120 e. The number of benzene rings is 1. The fourth-order valence-electron chi connectivity index (χ4n) is 1.25. The summed E-state index contributed by atoms with van der Waals surface area (Å²) in [5, 5.41) is 0. The van der Waals surface area contributed by atoms with Crippen molar-refractivity contribution in [2.45, 2.75) is 32.4 Å². The summed E-state index contributed by atoms with van der Waals surface area (Å²) in [4.78, 5) is 0. The third-order valence-corrected chi connectivity index (χ3v) is 1.94. The Labute approximate surface area is 91.7 Å². The van der Waals surface area contributed by atoms with Crippen LogP contribution in [0.4, 0.5) is 0 Å². The highest BCUT2D eigenvalue weighted by molar-refractivity contribution is 5.30. The van der Waals surface area contributed by atoms with Crippen molar-refractivity contribution in [3.8, 4) is 5.75 Å². The molecule has 0 aromatic heterocycles. The average molecular weight is 205 g/mol. The van der Waals surface area contributed by atoms with Crippen molar-refractivity contribution in [1.82, 2.24) is 0 Å². The summed E-state index contributed by atoms with van der Waals surface area (Å²) < 4.78 is 5.70. The van der Waals surface area contributed by atoms with Crippen LogP contribution in [0.5, 0.6) is 5.75 Å². The first-order chi connectivity index (χ1) is 6.92. The minimum atomic E-state index is -0.165. The fourth-order valence-corrected chi connectivity index (χ4v) is 1.25. The molecule has 2 heteroatoms. The third-order valence-electron chi connectivity index (χ3n) is 1.94. The minimum Gasteiger partial charge on any atom is -0.488 e. The molecule has 0 spiro atoms. The Morgan fingerprint density at radius 1 is 1.27 bits per heavy atom. The van der Waals surface area contributed by atoms with Gasteiger partial charge in [-0.25, -0.2) is 0 Å². The molecule has 1 atom stereocenters. The van der Waals surface area contributed by atoms with Gasteiger partial charge in [0.05, 0.1) is 0 Å². The van der Waals surface area contributed by atoms with Crippen LogP contribution < -0.4 is 10.5 Å². The summed E-state index contributed by atoms with van der Waals surface area (Å²) in [6.07, 6.45) is 1.72. The van der Waals surface area contributed by atoms with E-state index in [2.05, 4.69) is 6.58 Å². The van der Waals surface area contributed by atoms with E-state index in [0.717, 1.165) is 11.3 Å². The van der Waals surface area contributed by atoms with Crippen LogP contribution in [0, 0.1) is 0 Å². The zero-order valence-corrected chi connectivity index (χ0v) is 9.66. The Hall–Kier alpha value is -1.28. The Morgan fingerprint density at radius 3 is 2.20 bits per heavy atom. The lowest BCUT2D eigenvalue weighted by atomic mass is 10.1. The monoisotopic (exact) mass is 205 g/mol. The van der Waals surface area contributed by atoms with Gasteiger partial charge in [0.2, 0.25) is 0 Å². The minimum absolute atomic E-state index is 0.103. The summed E-state index contributed by atoms with van der Waals surface area (Å²) in [6, 6.07) is 7.70. The van der Waals surface area contributed by atoms with Gasteiger partial charge in [-0.1, -0.05) is 18.2 Å². The fraction of sp³-hybridized carbons (Fsp3) is 0.385. The normalized spacial score (nSPS) is 13.3. The number of nitrogens with two attached hydrogens (primary N) is 1. The van der Waals surface area contributed by atoms with Gasteiger partial charge in [0.1, 0.15) is 11.4 Å². The van der Waals surface area contributed by atoms with Gasteiger partial charge in [0.25, 0.3) is 0 Å². The van der Waals surface area contributed by atoms with Crippen molar-refractivity contribution in [3.05, 3.63) is 42.5 Å². The van der Waals surface area contributed by atoms with Crippen LogP contribution >= 0.6 is 0 Å². The molecule has 0 amide bonds. The van der Waals surface area contributed by atoms with Gasteiger partial charge in [0.15, 0.2) is 0 Å². The zero-order chi connectivity index (χ0) is 11.5. The number of rotatable bonds is 3. The van der Waals surface area contributed by atoms with Crippen LogP contribution in [0.25, 0.3) is 0 Å². The third kappa shape index (κ3) is 3.76. The topological polar surface area (TPSA) is 35.2 Å². The van der Waals surface area contributed by atoms with E-state index in [1.165, 1.54) is 0 Å². The largest absolute Gasteiger partial charge is 0.488 e. The number of ether oxygens (including phenoxy) is 1. The van der Waals surface area contributed by atoms with Gasteiger partial charge in [-0.3, -0.25) is 0 Å². The van der Waals surface area contributed by atoms with E-state index in [4.69, 9.17) is 10.5 Å². The van der Waals surface area contributed by atoms with Crippen molar-refractivity contribution in [2.24, 2.45) is 5.73 Å². The van der Waals surface area contributed by atoms with E-state index in [9.17, 15) is 0 Å². The molecule has 2 nitrogen and oxygen atoms in total. The van der Waals surface area contributed by atoms with Gasteiger partial charge >= 0.3 is 0 Å². The quantitative estimate of drug-likeness (QED) is 0.770. The molecule has 0 aliphatic rings. The maximum absolute atomic E-state index is 5.81. The molecule has 0 bridgehead atoms. The van der Waals surface area contributed by atoms with Gasteiger partial charge < -0.3 is 10.5 Å². The van der Waals surface area contributed by atoms with Crippen molar-refractivity contribution < 1.29 is 4.74 Å². The molecule has 0 radical (unpaired) electrons. The highest BCUT2D eigenvalue weighted by Crippen LogP contribution is 2.20. The predicted molar refractivity (Wildman–Crippen MR) is 63.9 cm³/mol. The zero-order valence-electron chi connectivity index (χ0n) is 9.66. The highest BCUT2D eigenvalue weighted by Gasteiger charge is 2.11. The standard InChI is InChI=1S/C13H19NO/c1-5-12(14)10-6-8-11(9-7-10)15-13(2,3)4/h5-9,12H,1,14H2,2-4H3/t12-/m1/s1. The predicted octanol–water partition coefficient (Wildman–Crippen LogP) is 3.05. The second kappa shape index (κ2) is 4.49. The lowest BCUT2D eigenvalue weighted by Gasteiger charge is -2.21. The Balaban J connectivity index is 2.77. The van der Waals surface area contributed by atoms with Crippen LogP contribution in [0.3, 0.4) is 0 Å². The van der Waals surface area contributed by atoms with Gasteiger partial charge in [-0.15, -0.1) is 6.58 Å². The smallest absolute Gasteiger partial charge is 0.120 e. The van der Waals surface area contributed by atoms with Crippen LogP contribution in [-0.4, -0.2) is 5.60 Å². The molecule has 0 saturated carbocycles. The molecule has 1 aromatic carbocycles. The lowest BCUT2D eigenvalue weighted by Crippen LogP contribution is -2.22. The summed E-state index contributed by atoms with van der Waals surface area (Å²) >= 11 is 0. The van der Waals surface area contributed by atoms with E-state index < -0.39 is 0 Å². The van der Waals surface area contributed by atoms with E-state index in [1.807, 2.05) is 45.0 Å². The van der Waals surface area contributed by atoms with E-state index >= 15 is 0 Å². The number of hydrogen-bond acceptors (Lipinski definition) is 2. The molecule has 0 heterocycles. The van der Waals surface area contributed by atoms with Gasteiger partial charge in [-0.05, 0) is 38.5 Å². The first-order valence-electron chi connectivity index (χ1n) is 5.09. The van der Waals surface area contributed by atoms with Crippen molar-refractivity contribution in [1.29, 1.82) is 0 Å². The Bertz CT molecular complexity index is 321. The van der Waals surface area contributed by atoms with Crippen LogP contribution in [0.1, 0.15) is 32.4 Å². The maximum atomic E-state index is 5.81. The molecule has 2 N–H and O–H groups in total. The van der Waals surface area contributed by atoms with Crippen LogP contribution in [0.15, 0.2) is 36.9 Å². The Morgan fingerprint density at radius 2 is 1.80 bits per heavy atom. The Kier molecular flexibility index (Phi) is 3.53. The lowest BCUT2D eigenvalue weighted by molar-refractivity contribution is 0.131. The van der Waals surface area contributed by atoms with Gasteiger partial charge in [-0.2, -0.15) is 0 Å². The number of hydrogen-bond donors (Lipinski definition) is 1. The summed E-state index contributed by atoms with van der Waals surface area (Å²) in [7, 11) is 0. The molecular formula is C13H19NO. The van der Waals surface area contributed by atoms with E-state index in [-0.39, 0.29) is 11.6 Å². The van der Waals surface area contributed by atoms with Crippen molar-refractivity contribution in [3.63, 3.8) is 0 Å². The molecule has 0 unspecified atom stereocenters. The second-order valence-corrected chi connectivity index (χ2v) is 4.54. The molecular weight excluding hydrogens is 186 g/mol. The first-order valence-corrected chi connectivity index (χ1v) is 5.09. The van der Waals surface area contributed by atoms with E-state index in [0.29, 0.717) is 0 Å². The van der Waals surface area contributed by atoms with Crippen LogP contribution in [0.2, 0.25) is 0 Å². The summed E-state index contributed by atoms with van der Waals surface area (Å²) in [5.74, 6) is 0.863. The molecule has 15 heavy (non-hydrogen) atoms. The first kappa shape index (κ1) is 11.8. The highest BCUT2D eigenvalue weighted by atomic mass is 16.5. The molecule has 0 fully saturated rings. The van der Waals surface area contributed by atoms with E-state index in [1.54, 1.807) is 6.08 Å². The second-order valence-electron chi connectivity index (χ2n) is 4.54. The molecule has 0 aliphatic carbocycles. The van der Waals surface area contributed by atoms with Gasteiger partial charge in [0, 0.05) is 6.04 Å². The van der Waals surface area contributed by atoms with Crippen molar-refractivity contribution >= 4 is 0 Å². The van der Waals surface area contributed by atoms with Crippen LogP contribution in [-0.2, 0) is 0 Å². The summed E-state index contributed by atoms with van der Waals surface area (Å²) in [5.41, 5.74) is 6.70. The molecule has 82 valence electrons. The average Bonchev–Trinajstić information content (AvgIpc) is 2.15. The molecule has 1 aromatic rings.